The van der Waals surface area contributed by atoms with E-state index >= 15 is 0 Å². The van der Waals surface area contributed by atoms with Crippen LogP contribution in [-0.2, 0) is 4.57 Å². The molecule has 0 aliphatic heterocycles. The lowest BCUT2D eigenvalue weighted by molar-refractivity contribution is 0.512. The Morgan fingerprint density at radius 2 is 2.33 bits per heavy atom. The first-order valence-corrected chi connectivity index (χ1v) is 3.59. The van der Waals surface area contributed by atoms with Crippen LogP contribution in [0, 0.1) is 0 Å². The molecule has 4 heteroatoms. The predicted octanol–water partition coefficient (Wildman–Crippen LogP) is 0.442. The molecule has 1 rings (SSSR count). The molecule has 0 saturated heterocycles. The maximum absolute atomic E-state index is 10.3. The van der Waals surface area contributed by atoms with Gasteiger partial charge in [-0.3, -0.25) is 0 Å². The van der Waals surface area contributed by atoms with Crippen LogP contribution >= 0.6 is 8.03 Å². The molecule has 0 radical (unpaired) electrons. The molecule has 1 N–H and O–H groups in total. The van der Waals surface area contributed by atoms with Gasteiger partial charge in [-0.15, -0.1) is 0 Å². The molecule has 0 spiro atoms. The fourth-order valence-electron chi connectivity index (χ4n) is 0.467. The second kappa shape index (κ2) is 2.67. The van der Waals surface area contributed by atoms with Gasteiger partial charge in [0, 0.05) is 12.3 Å². The van der Waals surface area contributed by atoms with E-state index in [-0.39, 0.29) is 5.44 Å². The van der Waals surface area contributed by atoms with Crippen molar-refractivity contribution >= 4 is 13.5 Å². The van der Waals surface area contributed by atoms with Crippen molar-refractivity contribution in [1.82, 2.24) is 4.98 Å². The van der Waals surface area contributed by atoms with E-state index < -0.39 is 8.03 Å². The van der Waals surface area contributed by atoms with Crippen molar-refractivity contribution in [2.75, 3.05) is 0 Å². The minimum atomic E-state index is -2.26. The van der Waals surface area contributed by atoms with Gasteiger partial charge in [-0.2, -0.15) is 4.89 Å². The summed E-state index contributed by atoms with van der Waals surface area (Å²) in [6, 6.07) is 4.88. The molecule has 3 nitrogen and oxygen atoms in total. The van der Waals surface area contributed by atoms with Gasteiger partial charge in [-0.05, 0) is 10.6 Å². The Balaban J connectivity index is 2.98. The van der Waals surface area contributed by atoms with E-state index in [4.69, 9.17) is 4.89 Å². The van der Waals surface area contributed by atoms with Crippen molar-refractivity contribution in [2.45, 2.75) is 0 Å². The van der Waals surface area contributed by atoms with Crippen LogP contribution in [0.5, 0.6) is 0 Å². The molecular formula is C5H5NO2P+. The third-order valence-corrected chi connectivity index (χ3v) is 1.50. The van der Waals surface area contributed by atoms with Crippen LogP contribution < -0.4 is 5.44 Å². The Hall–Kier alpha value is -0.790. The van der Waals surface area contributed by atoms with E-state index in [0.717, 1.165) is 0 Å². The summed E-state index contributed by atoms with van der Waals surface area (Å²) >= 11 is 0. The van der Waals surface area contributed by atoms with E-state index in [1.807, 2.05) is 0 Å². The van der Waals surface area contributed by atoms with Gasteiger partial charge in [-0.25, -0.2) is 4.98 Å². The van der Waals surface area contributed by atoms with Gasteiger partial charge < -0.3 is 0 Å². The molecule has 46 valence electrons. The zero-order valence-corrected chi connectivity index (χ0v) is 5.45. The number of rotatable bonds is 1. The van der Waals surface area contributed by atoms with Gasteiger partial charge in [0.25, 0.3) is 0 Å². The summed E-state index contributed by atoms with van der Waals surface area (Å²) < 4.78 is 10.3. The average molecular weight is 142 g/mol. The number of pyridine rings is 1. The van der Waals surface area contributed by atoms with Gasteiger partial charge in [0.2, 0.25) is 0 Å². The summed E-state index contributed by atoms with van der Waals surface area (Å²) in [7, 11) is -2.26. The molecule has 1 unspecified atom stereocenters. The van der Waals surface area contributed by atoms with E-state index in [0.29, 0.717) is 0 Å². The first-order chi connectivity index (χ1) is 4.30. The highest BCUT2D eigenvalue weighted by molar-refractivity contribution is 7.47. The molecule has 0 aliphatic carbocycles. The highest BCUT2D eigenvalue weighted by Gasteiger charge is 2.15. The molecule has 1 aromatic heterocycles. The summed E-state index contributed by atoms with van der Waals surface area (Å²) in [5.74, 6) is 0. The van der Waals surface area contributed by atoms with Crippen LogP contribution in [0.1, 0.15) is 0 Å². The van der Waals surface area contributed by atoms with Gasteiger partial charge in [-0.1, -0.05) is 6.07 Å². The molecule has 1 aromatic rings. The smallest absolute Gasteiger partial charge is 0.210 e. The normalized spacial score (nSPS) is 11.0. The third kappa shape index (κ3) is 1.56. The number of nitrogens with zero attached hydrogens (tertiary/aromatic N) is 1. The standard InChI is InChI=1S/C5H4NO2P/c7-9(8)5-3-1-2-4-6-5/h1-4H/p+1. The fourth-order valence-corrected chi connectivity index (χ4v) is 0.846. The van der Waals surface area contributed by atoms with E-state index in [9.17, 15) is 4.57 Å². The van der Waals surface area contributed by atoms with Gasteiger partial charge in [0.15, 0.2) is 0 Å². The third-order valence-electron chi connectivity index (χ3n) is 0.845. The largest absolute Gasteiger partial charge is 0.566 e. The number of hydrogen-bond donors (Lipinski definition) is 1. The lowest BCUT2D eigenvalue weighted by Crippen LogP contribution is -1.98. The van der Waals surface area contributed by atoms with Crippen LogP contribution in [0.4, 0.5) is 0 Å². The first kappa shape index (κ1) is 6.33. The van der Waals surface area contributed by atoms with Crippen LogP contribution in [0.25, 0.3) is 0 Å². The zero-order valence-electron chi connectivity index (χ0n) is 4.56. The maximum atomic E-state index is 10.3. The van der Waals surface area contributed by atoms with Gasteiger partial charge >= 0.3 is 13.5 Å². The van der Waals surface area contributed by atoms with Gasteiger partial charge in [0.1, 0.15) is 0 Å². The molecule has 0 amide bonds. The Morgan fingerprint density at radius 3 is 2.67 bits per heavy atom. The van der Waals surface area contributed by atoms with Crippen molar-refractivity contribution in [3.8, 4) is 0 Å². The van der Waals surface area contributed by atoms with Crippen LogP contribution in [0.3, 0.4) is 0 Å². The number of hydrogen-bond acceptors (Lipinski definition) is 2. The van der Waals surface area contributed by atoms with E-state index in [2.05, 4.69) is 4.98 Å². The highest BCUT2D eigenvalue weighted by Crippen LogP contribution is 2.08. The summed E-state index contributed by atoms with van der Waals surface area (Å²) in [5.41, 5.74) is 0.229. The molecule has 0 saturated carbocycles. The first-order valence-electron chi connectivity index (χ1n) is 2.38. The Morgan fingerprint density at radius 1 is 1.56 bits per heavy atom. The minimum Gasteiger partial charge on any atom is -0.210 e. The van der Waals surface area contributed by atoms with Crippen LogP contribution in [-0.4, -0.2) is 9.88 Å². The van der Waals surface area contributed by atoms with Crippen LogP contribution in [0.2, 0.25) is 0 Å². The molecule has 1 heterocycles. The van der Waals surface area contributed by atoms with Crippen molar-refractivity contribution in [1.29, 1.82) is 0 Å². The van der Waals surface area contributed by atoms with Crippen molar-refractivity contribution in [2.24, 2.45) is 0 Å². The Labute approximate surface area is 53.2 Å². The average Bonchev–Trinajstić information content (AvgIpc) is 1.90. The Kier molecular flexibility index (Phi) is 1.88. The number of aromatic nitrogens is 1. The van der Waals surface area contributed by atoms with Crippen molar-refractivity contribution in [3.05, 3.63) is 24.4 Å². The second-order valence-corrected chi connectivity index (χ2v) is 2.46. The molecular weight excluding hydrogens is 137 g/mol. The molecule has 0 fully saturated rings. The molecule has 0 aromatic carbocycles. The van der Waals surface area contributed by atoms with E-state index in [1.54, 1.807) is 12.1 Å². The van der Waals surface area contributed by atoms with Crippen LogP contribution in [0.15, 0.2) is 24.4 Å². The summed E-state index contributed by atoms with van der Waals surface area (Å²) in [5, 5.41) is 0. The monoisotopic (exact) mass is 142 g/mol. The summed E-state index contributed by atoms with van der Waals surface area (Å²) in [6.07, 6.45) is 1.48. The maximum Gasteiger partial charge on any atom is 0.566 e. The summed E-state index contributed by atoms with van der Waals surface area (Å²) in [6.45, 7) is 0. The fraction of sp³-hybridized carbons (Fsp3) is 0. The predicted molar refractivity (Wildman–Crippen MR) is 33.7 cm³/mol. The summed E-state index contributed by atoms with van der Waals surface area (Å²) in [4.78, 5) is 12.1. The lowest BCUT2D eigenvalue weighted by Gasteiger charge is -1.76. The topological polar surface area (TPSA) is 50.2 Å². The van der Waals surface area contributed by atoms with Gasteiger partial charge in [0.05, 0.1) is 0 Å². The molecule has 1 atom stereocenters. The van der Waals surface area contributed by atoms with Crippen molar-refractivity contribution < 1.29 is 9.46 Å². The molecule has 0 aliphatic rings. The Bertz CT molecular complexity index is 211. The lowest BCUT2D eigenvalue weighted by atomic mass is 10.5. The zero-order chi connectivity index (χ0) is 6.69. The molecule has 9 heavy (non-hydrogen) atoms. The minimum absolute atomic E-state index is 0.229. The quantitative estimate of drug-likeness (QED) is 0.579. The second-order valence-electron chi connectivity index (χ2n) is 1.46. The molecule has 0 bridgehead atoms. The van der Waals surface area contributed by atoms with E-state index in [1.165, 1.54) is 12.3 Å². The SMILES string of the molecule is O=[P+](O)c1ccccn1. The highest BCUT2D eigenvalue weighted by atomic mass is 31.1. The van der Waals surface area contributed by atoms with Crippen molar-refractivity contribution in [3.63, 3.8) is 0 Å².